The van der Waals surface area contributed by atoms with Gasteiger partial charge in [-0.05, 0) is 70.6 Å². The Kier molecular flexibility index (Phi) is 46.4. The van der Waals surface area contributed by atoms with Gasteiger partial charge in [0, 0.05) is 6.42 Å². The van der Waals surface area contributed by atoms with Gasteiger partial charge in [-0.3, -0.25) is 9.36 Å². The molecule has 8 nitrogen and oxygen atoms in total. The van der Waals surface area contributed by atoms with E-state index in [2.05, 4.69) is 55.6 Å². The number of hydrogen-bond donors (Lipinski definition) is 2. The number of hydrogen-bond acceptors (Lipinski definition) is 6. The van der Waals surface area contributed by atoms with E-state index in [1.165, 1.54) is 186 Å². The summed E-state index contributed by atoms with van der Waals surface area (Å²) < 4.78 is 23.3. The molecule has 0 bridgehead atoms. The Morgan fingerprint density at radius 1 is 0.523 bits per heavy atom. The van der Waals surface area contributed by atoms with Gasteiger partial charge in [0.15, 0.2) is 0 Å². The van der Waals surface area contributed by atoms with E-state index in [-0.39, 0.29) is 12.5 Å². The van der Waals surface area contributed by atoms with Crippen molar-refractivity contribution in [2.75, 3.05) is 40.9 Å². The first-order valence-corrected chi connectivity index (χ1v) is 29.0. The Bertz CT molecular complexity index is 1200. The van der Waals surface area contributed by atoms with E-state index >= 15 is 0 Å². The minimum atomic E-state index is -4.60. The molecule has 3 unspecified atom stereocenters. The number of aliphatic hydroxyl groups is 1. The number of allylic oxidation sites excluding steroid dienone is 7. The van der Waals surface area contributed by atoms with Crippen LogP contribution < -0.4 is 10.2 Å². The molecular weight excluding hydrogens is 828 g/mol. The topological polar surface area (TPSA) is 108 Å². The first-order valence-electron chi connectivity index (χ1n) is 27.5. The van der Waals surface area contributed by atoms with Gasteiger partial charge < -0.3 is 28.8 Å². The van der Waals surface area contributed by atoms with E-state index in [1.807, 2.05) is 27.2 Å². The van der Waals surface area contributed by atoms with Gasteiger partial charge in [-0.15, -0.1) is 0 Å². The van der Waals surface area contributed by atoms with Crippen LogP contribution >= 0.6 is 7.82 Å². The van der Waals surface area contributed by atoms with Gasteiger partial charge in [-0.25, -0.2) is 0 Å². The Balaban J connectivity index is 4.18. The first-order chi connectivity index (χ1) is 31.5. The van der Waals surface area contributed by atoms with Gasteiger partial charge in [0.2, 0.25) is 5.91 Å². The van der Waals surface area contributed by atoms with Crippen LogP contribution in [0.4, 0.5) is 0 Å². The molecule has 0 aliphatic heterocycles. The highest BCUT2D eigenvalue weighted by Gasteiger charge is 2.23. The van der Waals surface area contributed by atoms with Crippen LogP contribution in [0.25, 0.3) is 0 Å². The molecule has 1 amide bonds. The normalized spacial score (nSPS) is 14.4. The van der Waals surface area contributed by atoms with Crippen LogP contribution in [0.1, 0.15) is 251 Å². The molecule has 3 atom stereocenters. The van der Waals surface area contributed by atoms with Gasteiger partial charge >= 0.3 is 0 Å². The molecule has 0 fully saturated rings. The molecule has 9 heteroatoms. The van der Waals surface area contributed by atoms with E-state index in [9.17, 15) is 19.4 Å². The Labute approximate surface area is 403 Å². The van der Waals surface area contributed by atoms with Gasteiger partial charge in [0.05, 0.1) is 39.9 Å². The Hall–Kier alpha value is -1.54. The molecule has 0 rings (SSSR count). The van der Waals surface area contributed by atoms with Crippen molar-refractivity contribution >= 4 is 13.7 Å². The van der Waals surface area contributed by atoms with Crippen molar-refractivity contribution in [3.63, 3.8) is 0 Å². The molecule has 0 aromatic rings. The summed E-state index contributed by atoms with van der Waals surface area (Å²) in [6, 6.07) is -0.910. The lowest BCUT2D eigenvalue weighted by molar-refractivity contribution is -0.870. The van der Waals surface area contributed by atoms with Crippen molar-refractivity contribution in [3.05, 3.63) is 48.6 Å². The van der Waals surface area contributed by atoms with Gasteiger partial charge in [0.1, 0.15) is 13.2 Å². The lowest BCUT2D eigenvalue weighted by atomic mass is 10.0. The van der Waals surface area contributed by atoms with Crippen LogP contribution in [0.5, 0.6) is 0 Å². The minimum absolute atomic E-state index is 0.00941. The zero-order valence-electron chi connectivity index (χ0n) is 43.4. The van der Waals surface area contributed by atoms with Crippen molar-refractivity contribution in [1.29, 1.82) is 0 Å². The quantitative estimate of drug-likeness (QED) is 0.0272. The standard InChI is InChI=1S/C56H107N2O6P/c1-6-8-10-12-14-16-18-20-22-23-24-25-26-27-28-29-30-31-32-33-34-36-38-40-42-44-46-48-50-56(60)57-54(53-64-65(61,62)63-52-51-58(3,4)5)55(59)49-47-45-43-41-39-37-35-21-19-17-15-13-11-9-7-2/h19,21,27-28,39,41,47,49,54-55,59H,6-18,20,22-26,29-38,40,42-46,48,50-53H2,1-5H3,(H-,57,60,61,62)/b21-19+,28-27-,41-39+,49-47+. The van der Waals surface area contributed by atoms with Crippen molar-refractivity contribution in [3.8, 4) is 0 Å². The number of rotatable bonds is 50. The molecule has 0 heterocycles. The van der Waals surface area contributed by atoms with E-state index in [4.69, 9.17) is 9.05 Å². The fourth-order valence-electron chi connectivity index (χ4n) is 7.89. The van der Waals surface area contributed by atoms with Crippen molar-refractivity contribution < 1.29 is 32.9 Å². The fraction of sp³-hybridized carbons (Fsp3) is 0.839. The third-order valence-corrected chi connectivity index (χ3v) is 13.2. The molecule has 2 N–H and O–H groups in total. The molecule has 0 saturated heterocycles. The number of nitrogens with zero attached hydrogens (tertiary/aromatic N) is 1. The van der Waals surface area contributed by atoms with Crippen LogP contribution in [-0.2, 0) is 18.4 Å². The lowest BCUT2D eigenvalue weighted by Gasteiger charge is -2.29. The number of phosphoric acid groups is 1. The Morgan fingerprint density at radius 3 is 1.25 bits per heavy atom. The second-order valence-corrected chi connectivity index (χ2v) is 21.3. The molecule has 0 saturated carbocycles. The summed E-state index contributed by atoms with van der Waals surface area (Å²) in [6.45, 7) is 4.62. The van der Waals surface area contributed by atoms with Crippen molar-refractivity contribution in [1.82, 2.24) is 5.32 Å². The molecule has 0 aromatic heterocycles. The number of nitrogens with one attached hydrogen (secondary N) is 1. The molecule has 65 heavy (non-hydrogen) atoms. The number of amides is 1. The van der Waals surface area contributed by atoms with Crippen LogP contribution in [-0.4, -0.2) is 68.5 Å². The van der Waals surface area contributed by atoms with Crippen molar-refractivity contribution in [2.45, 2.75) is 264 Å². The minimum Gasteiger partial charge on any atom is -0.756 e. The molecule has 0 aromatic carbocycles. The third-order valence-electron chi connectivity index (χ3n) is 12.2. The first kappa shape index (κ1) is 63.5. The number of likely N-dealkylation sites (N-methyl/N-ethyl adjacent to an activating group) is 1. The fourth-order valence-corrected chi connectivity index (χ4v) is 8.61. The summed E-state index contributed by atoms with van der Waals surface area (Å²) in [6.07, 6.45) is 61.9. The SMILES string of the molecule is CCCCCCC/C=C/CC/C=C/CC/C=C/C(O)C(COP(=O)([O-])OCC[N+](C)(C)C)NC(=O)CCCCCCCCCCCCCC/C=C\CCCCCCCCCCCCCC. The number of quaternary nitrogens is 1. The summed E-state index contributed by atoms with van der Waals surface area (Å²) in [7, 11) is 1.24. The van der Waals surface area contributed by atoms with Crippen LogP contribution in [0, 0.1) is 0 Å². The van der Waals surface area contributed by atoms with Crippen molar-refractivity contribution in [2.24, 2.45) is 0 Å². The number of carbonyl (C=O) groups is 1. The second-order valence-electron chi connectivity index (χ2n) is 19.9. The maximum atomic E-state index is 12.9. The van der Waals surface area contributed by atoms with E-state index in [0.29, 0.717) is 17.4 Å². The van der Waals surface area contributed by atoms with E-state index < -0.39 is 26.6 Å². The highest BCUT2D eigenvalue weighted by molar-refractivity contribution is 7.45. The van der Waals surface area contributed by atoms with Crippen LogP contribution in [0.15, 0.2) is 48.6 Å². The summed E-state index contributed by atoms with van der Waals surface area (Å²) in [5.74, 6) is -0.211. The predicted octanol–water partition coefficient (Wildman–Crippen LogP) is 15.7. The number of aliphatic hydroxyl groups excluding tert-OH is 1. The monoisotopic (exact) mass is 935 g/mol. The number of unbranched alkanes of at least 4 members (excludes halogenated alkanes) is 31. The van der Waals surface area contributed by atoms with Crippen LogP contribution in [0.2, 0.25) is 0 Å². The second kappa shape index (κ2) is 47.5. The smallest absolute Gasteiger partial charge is 0.268 e. The number of carbonyl (C=O) groups excluding carboxylic acids is 1. The molecular formula is C56H107N2O6P. The van der Waals surface area contributed by atoms with E-state index in [0.717, 1.165) is 44.9 Å². The summed E-state index contributed by atoms with van der Waals surface area (Å²) in [5, 5.41) is 13.8. The predicted molar refractivity (Wildman–Crippen MR) is 279 cm³/mol. The largest absolute Gasteiger partial charge is 0.756 e. The van der Waals surface area contributed by atoms with Gasteiger partial charge in [-0.1, -0.05) is 223 Å². The molecule has 0 aliphatic carbocycles. The van der Waals surface area contributed by atoms with Gasteiger partial charge in [-0.2, -0.15) is 0 Å². The zero-order chi connectivity index (χ0) is 47.8. The summed E-state index contributed by atoms with van der Waals surface area (Å²) in [4.78, 5) is 25.4. The summed E-state index contributed by atoms with van der Waals surface area (Å²) >= 11 is 0. The molecule has 382 valence electrons. The third kappa shape index (κ3) is 50.2. The maximum absolute atomic E-state index is 12.9. The highest BCUT2D eigenvalue weighted by atomic mass is 31.2. The maximum Gasteiger partial charge on any atom is 0.268 e. The zero-order valence-corrected chi connectivity index (χ0v) is 44.3. The van der Waals surface area contributed by atoms with Gasteiger partial charge in [0.25, 0.3) is 7.82 Å². The average Bonchev–Trinajstić information content (AvgIpc) is 3.26. The Morgan fingerprint density at radius 2 is 0.862 bits per heavy atom. The summed E-state index contributed by atoms with van der Waals surface area (Å²) in [5.41, 5.74) is 0. The van der Waals surface area contributed by atoms with Crippen LogP contribution in [0.3, 0.4) is 0 Å². The molecule has 0 radical (unpaired) electrons. The molecule has 0 spiro atoms. The number of phosphoric ester groups is 1. The average molecular weight is 935 g/mol. The highest BCUT2D eigenvalue weighted by Crippen LogP contribution is 2.38. The molecule has 0 aliphatic rings. The lowest BCUT2D eigenvalue weighted by Crippen LogP contribution is -2.45. The van der Waals surface area contributed by atoms with E-state index in [1.54, 1.807) is 6.08 Å².